The van der Waals surface area contributed by atoms with Crippen LogP contribution in [0, 0.1) is 5.41 Å². The molecule has 0 fully saturated rings. The number of nitrogens with zero attached hydrogens (tertiary/aromatic N) is 1. The van der Waals surface area contributed by atoms with Crippen LogP contribution in [0.2, 0.25) is 0 Å². The van der Waals surface area contributed by atoms with Gasteiger partial charge in [0.05, 0.1) is 0 Å². The Morgan fingerprint density at radius 3 is 2.82 bits per heavy atom. The maximum Gasteiger partial charge on any atom is 0.134 e. The zero-order chi connectivity index (χ0) is 8.27. The monoisotopic (exact) mass is 149 g/mol. The third kappa shape index (κ3) is 1.55. The second kappa shape index (κ2) is 3.14. The molecule has 0 saturated heterocycles. The first-order chi connectivity index (χ1) is 5.25. The van der Waals surface area contributed by atoms with E-state index in [2.05, 4.69) is 10.3 Å². The molecule has 11 heavy (non-hydrogen) atoms. The molecule has 0 unspecified atom stereocenters. The van der Waals surface area contributed by atoms with Crippen molar-refractivity contribution in [3.8, 4) is 0 Å². The van der Waals surface area contributed by atoms with Crippen molar-refractivity contribution in [3.05, 3.63) is 23.9 Å². The van der Waals surface area contributed by atoms with Gasteiger partial charge in [-0.15, -0.1) is 0 Å². The Hall–Kier alpha value is -1.38. The van der Waals surface area contributed by atoms with E-state index in [1.807, 2.05) is 12.1 Å². The predicted octanol–water partition coefficient (Wildman–Crippen LogP) is 1.51. The molecule has 0 aliphatic heterocycles. The van der Waals surface area contributed by atoms with Crippen molar-refractivity contribution in [1.82, 2.24) is 4.98 Å². The van der Waals surface area contributed by atoms with Crippen molar-refractivity contribution in [3.63, 3.8) is 0 Å². The number of anilines is 1. The van der Waals surface area contributed by atoms with Crippen LogP contribution in [0.4, 0.5) is 5.82 Å². The summed E-state index contributed by atoms with van der Waals surface area (Å²) >= 11 is 0. The van der Waals surface area contributed by atoms with Gasteiger partial charge in [-0.3, -0.25) is 0 Å². The van der Waals surface area contributed by atoms with Crippen LogP contribution in [0.3, 0.4) is 0 Å². The Morgan fingerprint density at radius 1 is 1.64 bits per heavy atom. The van der Waals surface area contributed by atoms with Crippen molar-refractivity contribution in [1.29, 1.82) is 5.41 Å². The molecular weight excluding hydrogens is 138 g/mol. The number of hydrogen-bond acceptors (Lipinski definition) is 3. The molecule has 1 heterocycles. The normalized spacial score (nSPS) is 9.27. The quantitative estimate of drug-likeness (QED) is 0.626. The van der Waals surface area contributed by atoms with Gasteiger partial charge in [0.2, 0.25) is 0 Å². The van der Waals surface area contributed by atoms with Crippen LogP contribution >= 0.6 is 0 Å². The molecule has 3 nitrogen and oxygen atoms in total. The molecule has 0 radical (unpaired) electrons. The van der Waals surface area contributed by atoms with Crippen LogP contribution in [-0.2, 0) is 0 Å². The second-order valence-corrected chi connectivity index (χ2v) is 2.27. The van der Waals surface area contributed by atoms with Crippen LogP contribution < -0.4 is 5.32 Å². The molecule has 0 spiro atoms. The first-order valence-electron chi connectivity index (χ1n) is 3.44. The summed E-state index contributed by atoms with van der Waals surface area (Å²) in [5.41, 5.74) is 1.39. The van der Waals surface area contributed by atoms with E-state index in [1.165, 1.54) is 0 Å². The standard InChI is InChI=1S/C8H11N3/c1-6(9)7-4-3-5-11-8(7)10-2/h3-5,9H,1-2H3,(H,10,11). The average Bonchev–Trinajstić information content (AvgIpc) is 2.04. The minimum Gasteiger partial charge on any atom is -0.373 e. The van der Waals surface area contributed by atoms with Crippen molar-refractivity contribution in [2.45, 2.75) is 6.92 Å². The molecule has 0 bridgehead atoms. The van der Waals surface area contributed by atoms with E-state index in [0.29, 0.717) is 5.71 Å². The first-order valence-corrected chi connectivity index (χ1v) is 3.44. The SMILES string of the molecule is CNc1ncccc1C(C)=N. The molecule has 3 heteroatoms. The molecular formula is C8H11N3. The third-order valence-corrected chi connectivity index (χ3v) is 1.45. The van der Waals surface area contributed by atoms with Crippen LogP contribution in [0.1, 0.15) is 12.5 Å². The topological polar surface area (TPSA) is 48.8 Å². The van der Waals surface area contributed by atoms with Gasteiger partial charge in [0.25, 0.3) is 0 Å². The molecule has 0 aliphatic rings. The molecule has 0 aromatic carbocycles. The van der Waals surface area contributed by atoms with Gasteiger partial charge in [-0.25, -0.2) is 4.98 Å². The fourth-order valence-electron chi connectivity index (χ4n) is 0.907. The molecule has 2 N–H and O–H groups in total. The first kappa shape index (κ1) is 7.72. The molecule has 0 aliphatic carbocycles. The van der Waals surface area contributed by atoms with Crippen LogP contribution in [0.25, 0.3) is 0 Å². The highest BCUT2D eigenvalue weighted by Gasteiger charge is 2.00. The van der Waals surface area contributed by atoms with Crippen molar-refractivity contribution < 1.29 is 0 Å². The summed E-state index contributed by atoms with van der Waals surface area (Å²) in [5, 5.41) is 10.3. The molecule has 1 aromatic rings. The summed E-state index contributed by atoms with van der Waals surface area (Å²) in [6, 6.07) is 3.70. The molecule has 58 valence electrons. The van der Waals surface area contributed by atoms with E-state index in [-0.39, 0.29) is 0 Å². The van der Waals surface area contributed by atoms with Crippen LogP contribution in [-0.4, -0.2) is 17.7 Å². The number of nitrogens with one attached hydrogen (secondary N) is 2. The zero-order valence-electron chi connectivity index (χ0n) is 6.68. The molecule has 0 amide bonds. The van der Waals surface area contributed by atoms with Gasteiger partial charge in [-0.1, -0.05) is 0 Å². The van der Waals surface area contributed by atoms with Gasteiger partial charge in [-0.2, -0.15) is 0 Å². The molecule has 0 atom stereocenters. The maximum absolute atomic E-state index is 7.40. The Bertz CT molecular complexity index is 268. The van der Waals surface area contributed by atoms with Gasteiger partial charge in [-0.05, 0) is 19.1 Å². The zero-order valence-corrected chi connectivity index (χ0v) is 6.68. The van der Waals surface area contributed by atoms with Crippen molar-refractivity contribution in [2.24, 2.45) is 0 Å². The highest BCUT2D eigenvalue weighted by molar-refractivity contribution is 6.00. The summed E-state index contributed by atoms with van der Waals surface area (Å²) < 4.78 is 0. The molecule has 1 rings (SSSR count). The van der Waals surface area contributed by atoms with E-state index >= 15 is 0 Å². The smallest absolute Gasteiger partial charge is 0.134 e. The number of hydrogen-bond donors (Lipinski definition) is 2. The summed E-state index contributed by atoms with van der Waals surface area (Å²) in [6.45, 7) is 1.75. The largest absolute Gasteiger partial charge is 0.373 e. The highest BCUT2D eigenvalue weighted by Crippen LogP contribution is 2.09. The second-order valence-electron chi connectivity index (χ2n) is 2.27. The lowest BCUT2D eigenvalue weighted by molar-refractivity contribution is 1.27. The number of aromatic nitrogens is 1. The van der Waals surface area contributed by atoms with E-state index < -0.39 is 0 Å². The van der Waals surface area contributed by atoms with E-state index in [1.54, 1.807) is 20.2 Å². The van der Waals surface area contributed by atoms with Crippen LogP contribution in [0.5, 0.6) is 0 Å². The lowest BCUT2D eigenvalue weighted by Crippen LogP contribution is -2.01. The summed E-state index contributed by atoms with van der Waals surface area (Å²) in [6.07, 6.45) is 1.71. The Labute approximate surface area is 66.0 Å². The van der Waals surface area contributed by atoms with Gasteiger partial charge in [0.15, 0.2) is 0 Å². The third-order valence-electron chi connectivity index (χ3n) is 1.45. The Kier molecular flexibility index (Phi) is 2.21. The fraction of sp³-hybridized carbons (Fsp3) is 0.250. The summed E-state index contributed by atoms with van der Waals surface area (Å²) in [5.74, 6) is 0.764. The molecule has 1 aromatic heterocycles. The average molecular weight is 149 g/mol. The predicted molar refractivity (Wildman–Crippen MR) is 46.3 cm³/mol. The van der Waals surface area contributed by atoms with Gasteiger partial charge >= 0.3 is 0 Å². The van der Waals surface area contributed by atoms with E-state index in [4.69, 9.17) is 5.41 Å². The molecule has 0 saturated carbocycles. The lowest BCUT2D eigenvalue weighted by Gasteiger charge is -2.04. The van der Waals surface area contributed by atoms with Gasteiger partial charge < -0.3 is 10.7 Å². The van der Waals surface area contributed by atoms with E-state index in [0.717, 1.165) is 11.4 Å². The summed E-state index contributed by atoms with van der Waals surface area (Å²) in [7, 11) is 1.80. The van der Waals surface area contributed by atoms with Crippen molar-refractivity contribution >= 4 is 11.5 Å². The Morgan fingerprint density at radius 2 is 2.36 bits per heavy atom. The number of pyridine rings is 1. The van der Waals surface area contributed by atoms with Crippen molar-refractivity contribution in [2.75, 3.05) is 12.4 Å². The maximum atomic E-state index is 7.40. The minimum absolute atomic E-state index is 0.530. The number of rotatable bonds is 2. The fourth-order valence-corrected chi connectivity index (χ4v) is 0.907. The lowest BCUT2D eigenvalue weighted by atomic mass is 10.2. The van der Waals surface area contributed by atoms with Gasteiger partial charge in [0.1, 0.15) is 5.82 Å². The summed E-state index contributed by atoms with van der Waals surface area (Å²) in [4.78, 5) is 4.07. The highest BCUT2D eigenvalue weighted by atomic mass is 15.0. The Balaban J connectivity index is 3.12. The van der Waals surface area contributed by atoms with E-state index in [9.17, 15) is 0 Å². The van der Waals surface area contributed by atoms with Crippen LogP contribution in [0.15, 0.2) is 18.3 Å². The minimum atomic E-state index is 0.530. The van der Waals surface area contributed by atoms with Gasteiger partial charge in [0, 0.05) is 24.5 Å².